The molecule has 6 rings (SSSR count). The van der Waals surface area contributed by atoms with Crippen LogP contribution in [0.15, 0.2) is 41.8 Å². The Labute approximate surface area is 407 Å². The Bertz CT molecular complexity index is 2490. The summed E-state index contributed by atoms with van der Waals surface area (Å²) < 4.78 is 102. The maximum atomic E-state index is 15.0. The van der Waals surface area contributed by atoms with Crippen molar-refractivity contribution in [2.75, 3.05) is 90.6 Å². The summed E-state index contributed by atoms with van der Waals surface area (Å²) in [4.78, 5) is 48.7. The number of nitrogens with zero attached hydrogens (tertiary/aromatic N) is 6. The second-order valence-electron chi connectivity index (χ2n) is 15.7. The number of hydrogen-bond donors (Lipinski definition) is 5. The summed E-state index contributed by atoms with van der Waals surface area (Å²) in [7, 11) is 1.44. The monoisotopic (exact) mass is 1020 g/mol. The number of unbranched alkanes of at least 4 members (excludes halogenated alkanes) is 1. The number of benzene rings is 3. The van der Waals surface area contributed by atoms with E-state index in [1.807, 2.05) is 11.8 Å². The molecule has 4 amide bonds. The SMILES string of the molecule is COc1cc2c(Nc3ccc(Cl)cc3F)ncnc2cc1OCCOCCNC(=O)CN(CCOCCOCCNC(=O)CCCCC1SCC2NC(=O)NC21)Cc1c(F)c(F)c(N=[N+]=[N-])c(F)c1F. The molecule has 3 heterocycles. The standard InChI is InChI=1S/C44H51ClF5N11O8S/c1-65-32-19-26-30(54-24-55-43(26)56-29-7-6-25(45)18-28(29)46)20-33(32)69-17-16-67-12-9-53-36(63)22-61(21-27-37(47)39(49)42(59-60-51)40(50)38(27)48)10-13-68-15-14-66-11-8-52-35(62)5-3-2-4-34-41-31(23-70-34)57-44(64)58-41/h6-7,18-20,24,31,34,41H,2-5,8-17,21-23H2,1H3,(H,52,62)(H,53,63)(H,54,55,56)(H2,57,58,64). The van der Waals surface area contributed by atoms with Gasteiger partial charge in [-0.15, -0.1) is 0 Å². The molecule has 0 spiro atoms. The highest BCUT2D eigenvalue weighted by molar-refractivity contribution is 8.00. The van der Waals surface area contributed by atoms with Crippen LogP contribution in [0.3, 0.4) is 0 Å². The van der Waals surface area contributed by atoms with Crippen LogP contribution >= 0.6 is 23.4 Å². The number of methoxy groups -OCH3 is 1. The molecule has 5 N–H and O–H groups in total. The predicted molar refractivity (Wildman–Crippen MR) is 249 cm³/mol. The number of azide groups is 1. The van der Waals surface area contributed by atoms with Crippen molar-refractivity contribution < 1.29 is 60.0 Å². The fourth-order valence-electron chi connectivity index (χ4n) is 7.50. The van der Waals surface area contributed by atoms with E-state index in [-0.39, 0.29) is 101 Å². The topological polar surface area (TPSA) is 235 Å². The Morgan fingerprint density at radius 1 is 0.900 bits per heavy atom. The zero-order valence-electron chi connectivity index (χ0n) is 37.8. The number of amides is 4. The predicted octanol–water partition coefficient (Wildman–Crippen LogP) is 6.56. The van der Waals surface area contributed by atoms with Crippen molar-refractivity contribution in [2.45, 2.75) is 49.6 Å². The minimum absolute atomic E-state index is 0.00840. The van der Waals surface area contributed by atoms with Gasteiger partial charge in [-0.3, -0.25) is 14.5 Å². The fourth-order valence-corrected chi connectivity index (χ4v) is 9.21. The number of nitrogens with one attached hydrogen (secondary N) is 5. The molecule has 70 heavy (non-hydrogen) atoms. The van der Waals surface area contributed by atoms with Gasteiger partial charge in [0.05, 0.1) is 76.6 Å². The Hall–Kier alpha value is -5.95. The number of fused-ring (bicyclic) bond motifs is 2. The van der Waals surface area contributed by atoms with Gasteiger partial charge in [-0.2, -0.15) is 11.8 Å². The number of thioether (sulfide) groups is 1. The maximum absolute atomic E-state index is 15.0. The lowest BCUT2D eigenvalue weighted by molar-refractivity contribution is -0.123. The van der Waals surface area contributed by atoms with Gasteiger partial charge in [-0.05, 0) is 42.6 Å². The number of carbonyl (C=O) groups is 3. The molecule has 0 saturated carbocycles. The summed E-state index contributed by atoms with van der Waals surface area (Å²) in [5.41, 5.74) is 6.73. The number of aromatic nitrogens is 2. The van der Waals surface area contributed by atoms with Crippen molar-refractivity contribution >= 4 is 69.3 Å². The molecule has 2 saturated heterocycles. The molecule has 2 aliphatic heterocycles. The average Bonchev–Trinajstić information content (AvgIpc) is 3.90. The Balaban J connectivity index is 0.896. The highest BCUT2D eigenvalue weighted by atomic mass is 35.5. The molecule has 3 aromatic carbocycles. The van der Waals surface area contributed by atoms with Gasteiger partial charge < -0.3 is 50.3 Å². The minimum atomic E-state index is -1.89. The first-order valence-electron chi connectivity index (χ1n) is 22.1. The van der Waals surface area contributed by atoms with Gasteiger partial charge in [-0.25, -0.2) is 36.7 Å². The quantitative estimate of drug-likeness (QED) is 0.00738. The van der Waals surface area contributed by atoms with Crippen LogP contribution < -0.4 is 36.1 Å². The second kappa shape index (κ2) is 26.9. The number of anilines is 2. The molecule has 0 radical (unpaired) electrons. The van der Waals surface area contributed by atoms with Gasteiger partial charge in [0, 0.05) is 70.6 Å². The van der Waals surface area contributed by atoms with E-state index in [0.717, 1.165) is 18.6 Å². The fraction of sp³-hybridized carbons (Fsp3) is 0.477. The molecule has 19 nitrogen and oxygen atoms in total. The average molecular weight is 1020 g/mol. The molecule has 0 bridgehead atoms. The van der Waals surface area contributed by atoms with E-state index >= 15 is 0 Å². The van der Waals surface area contributed by atoms with Crippen LogP contribution in [0.4, 0.5) is 43.9 Å². The molecule has 3 unspecified atom stereocenters. The van der Waals surface area contributed by atoms with Crippen LogP contribution in [0.25, 0.3) is 21.3 Å². The number of halogens is 6. The molecule has 4 aromatic rings. The third-order valence-corrected chi connectivity index (χ3v) is 12.7. The molecule has 378 valence electrons. The normalized spacial score (nSPS) is 16.1. The van der Waals surface area contributed by atoms with E-state index in [2.05, 4.69) is 46.6 Å². The van der Waals surface area contributed by atoms with Gasteiger partial charge in [-0.1, -0.05) is 23.1 Å². The summed E-state index contributed by atoms with van der Waals surface area (Å²) >= 11 is 7.70. The van der Waals surface area contributed by atoms with E-state index in [1.165, 1.54) is 36.5 Å². The summed E-state index contributed by atoms with van der Waals surface area (Å²) in [5.74, 6) is -6.78. The van der Waals surface area contributed by atoms with Crippen molar-refractivity contribution in [1.29, 1.82) is 0 Å². The lowest BCUT2D eigenvalue weighted by Gasteiger charge is -2.23. The van der Waals surface area contributed by atoms with Gasteiger partial charge in [0.15, 0.2) is 34.8 Å². The minimum Gasteiger partial charge on any atom is -0.493 e. The molecule has 1 aromatic heterocycles. The smallest absolute Gasteiger partial charge is 0.315 e. The maximum Gasteiger partial charge on any atom is 0.315 e. The summed E-state index contributed by atoms with van der Waals surface area (Å²) in [6.45, 7) is -0.568. The van der Waals surface area contributed by atoms with Crippen molar-refractivity contribution in [1.82, 2.24) is 36.1 Å². The molecule has 2 fully saturated rings. The molecule has 2 aliphatic rings. The number of hydrogen-bond acceptors (Lipinski definition) is 14. The lowest BCUT2D eigenvalue weighted by atomic mass is 10.0. The molecule has 26 heteroatoms. The molecule has 0 aliphatic carbocycles. The van der Waals surface area contributed by atoms with Gasteiger partial charge >= 0.3 is 6.03 Å². The van der Waals surface area contributed by atoms with Crippen LogP contribution in [0.5, 0.6) is 11.5 Å². The van der Waals surface area contributed by atoms with Crippen LogP contribution in [0, 0.1) is 29.1 Å². The van der Waals surface area contributed by atoms with E-state index in [9.17, 15) is 36.3 Å². The number of rotatable bonds is 29. The zero-order chi connectivity index (χ0) is 50.0. The largest absolute Gasteiger partial charge is 0.493 e. The van der Waals surface area contributed by atoms with Gasteiger partial charge in [0.2, 0.25) is 11.8 Å². The zero-order valence-corrected chi connectivity index (χ0v) is 39.4. The lowest BCUT2D eigenvalue weighted by Crippen LogP contribution is -2.40. The summed E-state index contributed by atoms with van der Waals surface area (Å²) in [5, 5.41) is 18.0. The van der Waals surface area contributed by atoms with Crippen LogP contribution in [-0.4, -0.2) is 135 Å². The summed E-state index contributed by atoms with van der Waals surface area (Å²) in [6.07, 6.45) is 4.15. The first kappa shape index (κ1) is 53.4. The first-order chi connectivity index (χ1) is 33.9. The van der Waals surface area contributed by atoms with Crippen molar-refractivity contribution in [3.8, 4) is 11.5 Å². The van der Waals surface area contributed by atoms with E-state index in [1.54, 1.807) is 12.1 Å². The third-order valence-electron chi connectivity index (χ3n) is 11.0. The highest BCUT2D eigenvalue weighted by Gasteiger charge is 2.42. The van der Waals surface area contributed by atoms with E-state index in [4.69, 9.17) is 40.8 Å². The number of carbonyl (C=O) groups excluding carboxylic acids is 3. The van der Waals surface area contributed by atoms with Crippen molar-refractivity contribution in [2.24, 2.45) is 5.11 Å². The molecular weight excluding hydrogens is 973 g/mol. The van der Waals surface area contributed by atoms with Crippen molar-refractivity contribution in [3.63, 3.8) is 0 Å². The Morgan fingerprint density at radius 3 is 2.33 bits per heavy atom. The third kappa shape index (κ3) is 15.0. The van der Waals surface area contributed by atoms with Gasteiger partial charge in [0.1, 0.15) is 30.3 Å². The van der Waals surface area contributed by atoms with E-state index in [0.29, 0.717) is 46.3 Å². The second-order valence-corrected chi connectivity index (χ2v) is 17.4. The molecular formula is C44H51ClF5N11O8S. The highest BCUT2D eigenvalue weighted by Crippen LogP contribution is 2.36. The van der Waals surface area contributed by atoms with Crippen LogP contribution in [-0.2, 0) is 30.3 Å². The Kier molecular flexibility index (Phi) is 20.5. The van der Waals surface area contributed by atoms with Crippen LogP contribution in [0.2, 0.25) is 5.02 Å². The Morgan fingerprint density at radius 2 is 1.61 bits per heavy atom. The van der Waals surface area contributed by atoms with Crippen LogP contribution in [0.1, 0.15) is 31.2 Å². The molecule has 3 atom stereocenters. The van der Waals surface area contributed by atoms with Crippen molar-refractivity contribution in [3.05, 3.63) is 86.8 Å². The number of urea groups is 1. The number of ether oxygens (including phenoxy) is 5. The van der Waals surface area contributed by atoms with Gasteiger partial charge in [0.25, 0.3) is 0 Å². The van der Waals surface area contributed by atoms with E-state index < -0.39 is 59.3 Å². The summed E-state index contributed by atoms with van der Waals surface area (Å²) in [6, 6.07) is 7.60. The first-order valence-corrected chi connectivity index (χ1v) is 23.5.